The predicted molar refractivity (Wildman–Crippen MR) is 70.7 cm³/mol. The molecule has 1 aliphatic rings. The fourth-order valence-corrected chi connectivity index (χ4v) is 2.49. The van der Waals surface area contributed by atoms with Gasteiger partial charge in [-0.25, -0.2) is 8.78 Å². The van der Waals surface area contributed by atoms with Gasteiger partial charge >= 0.3 is 0 Å². The highest BCUT2D eigenvalue weighted by Gasteiger charge is 2.29. The Balaban J connectivity index is 2.23. The van der Waals surface area contributed by atoms with Crippen molar-refractivity contribution < 1.29 is 13.6 Å². The third kappa shape index (κ3) is 3.00. The summed E-state index contributed by atoms with van der Waals surface area (Å²) in [6, 6.07) is 1.67. The summed E-state index contributed by atoms with van der Waals surface area (Å²) in [5.41, 5.74) is -0.290. The molecule has 0 aromatic heterocycles. The molecule has 0 saturated carbocycles. The summed E-state index contributed by atoms with van der Waals surface area (Å²) in [4.78, 5) is 13.7. The molecule has 104 valence electrons. The molecule has 0 radical (unpaired) electrons. The smallest absolute Gasteiger partial charge is 0.256 e. The Labute approximate surface area is 120 Å². The van der Waals surface area contributed by atoms with Crippen molar-refractivity contribution in [3.8, 4) is 0 Å². The van der Waals surface area contributed by atoms with Crippen molar-refractivity contribution in [1.29, 1.82) is 0 Å². The number of amides is 1. The van der Waals surface area contributed by atoms with Crippen molar-refractivity contribution in [3.63, 3.8) is 0 Å². The van der Waals surface area contributed by atoms with Gasteiger partial charge in [0.2, 0.25) is 0 Å². The lowest BCUT2D eigenvalue weighted by molar-refractivity contribution is 0.0681. The van der Waals surface area contributed by atoms with E-state index in [1.165, 1.54) is 4.90 Å². The number of hydrogen-bond acceptors (Lipinski definition) is 1. The molecule has 1 aromatic carbocycles. The molecule has 0 spiro atoms. The first kappa shape index (κ1) is 14.5. The summed E-state index contributed by atoms with van der Waals surface area (Å²) in [6.07, 6.45) is 0.645. The summed E-state index contributed by atoms with van der Waals surface area (Å²) >= 11 is 11.5. The third-order valence-electron chi connectivity index (χ3n) is 3.33. The van der Waals surface area contributed by atoms with E-state index in [4.69, 9.17) is 23.2 Å². The number of piperidine rings is 1. The van der Waals surface area contributed by atoms with Crippen LogP contribution in [0, 0.1) is 17.6 Å². The highest BCUT2D eigenvalue weighted by atomic mass is 35.5. The average molecular weight is 308 g/mol. The molecular formula is C13H13Cl2F2NO. The summed E-state index contributed by atoms with van der Waals surface area (Å²) in [6.45, 7) is 2.81. The Hall–Kier alpha value is -0.870. The van der Waals surface area contributed by atoms with Crippen LogP contribution in [0.5, 0.6) is 0 Å². The average Bonchev–Trinajstić information content (AvgIpc) is 2.36. The van der Waals surface area contributed by atoms with Crippen LogP contribution in [0.25, 0.3) is 0 Å². The standard InChI is InChI=1S/C13H13Cl2F2NO/c1-7-6-18(3-2-9(7)14)13(19)8-4-12(17)10(15)5-11(8)16/h4-5,7,9H,2-3,6H2,1H3. The lowest BCUT2D eigenvalue weighted by atomic mass is 9.99. The third-order valence-corrected chi connectivity index (χ3v) is 4.27. The van der Waals surface area contributed by atoms with Crippen molar-refractivity contribution in [1.82, 2.24) is 4.90 Å². The van der Waals surface area contributed by atoms with E-state index in [-0.39, 0.29) is 21.9 Å². The molecule has 2 rings (SSSR count). The van der Waals surface area contributed by atoms with Crippen LogP contribution in [0.4, 0.5) is 8.78 Å². The molecule has 1 heterocycles. The molecular weight excluding hydrogens is 295 g/mol. The maximum absolute atomic E-state index is 13.7. The van der Waals surface area contributed by atoms with Crippen molar-refractivity contribution in [2.24, 2.45) is 5.92 Å². The number of nitrogens with zero attached hydrogens (tertiary/aromatic N) is 1. The first-order valence-corrected chi connectivity index (χ1v) is 6.79. The van der Waals surface area contributed by atoms with Crippen LogP contribution >= 0.6 is 23.2 Å². The predicted octanol–water partition coefficient (Wildman–Crippen LogP) is 3.71. The van der Waals surface area contributed by atoms with Gasteiger partial charge in [0, 0.05) is 18.5 Å². The second-order valence-corrected chi connectivity index (χ2v) is 5.75. The summed E-state index contributed by atoms with van der Waals surface area (Å²) in [7, 11) is 0. The van der Waals surface area contributed by atoms with Crippen LogP contribution in [0.2, 0.25) is 5.02 Å². The zero-order valence-electron chi connectivity index (χ0n) is 10.3. The number of hydrogen-bond donors (Lipinski definition) is 0. The molecule has 0 bridgehead atoms. The van der Waals surface area contributed by atoms with E-state index in [1.54, 1.807) is 0 Å². The number of carbonyl (C=O) groups excluding carboxylic acids is 1. The minimum Gasteiger partial charge on any atom is -0.338 e. The molecule has 1 saturated heterocycles. The Kier molecular flexibility index (Phi) is 4.31. The van der Waals surface area contributed by atoms with Crippen LogP contribution in [0.15, 0.2) is 12.1 Å². The van der Waals surface area contributed by atoms with Crippen LogP contribution in [0.3, 0.4) is 0 Å². The van der Waals surface area contributed by atoms with E-state index in [0.717, 1.165) is 12.1 Å². The molecule has 0 aliphatic carbocycles. The largest absolute Gasteiger partial charge is 0.338 e. The fraction of sp³-hybridized carbons (Fsp3) is 0.462. The van der Waals surface area contributed by atoms with E-state index < -0.39 is 17.5 Å². The van der Waals surface area contributed by atoms with Gasteiger partial charge in [0.05, 0.1) is 10.6 Å². The molecule has 19 heavy (non-hydrogen) atoms. The molecule has 2 unspecified atom stereocenters. The second-order valence-electron chi connectivity index (χ2n) is 4.78. The number of halogens is 4. The van der Waals surface area contributed by atoms with Gasteiger partial charge in [-0.15, -0.1) is 11.6 Å². The Morgan fingerprint density at radius 3 is 2.68 bits per heavy atom. The van der Waals surface area contributed by atoms with Crippen LogP contribution < -0.4 is 0 Å². The van der Waals surface area contributed by atoms with Gasteiger partial charge in [-0.05, 0) is 24.5 Å². The monoisotopic (exact) mass is 307 g/mol. The van der Waals surface area contributed by atoms with Crippen molar-refractivity contribution in [3.05, 3.63) is 34.4 Å². The quantitative estimate of drug-likeness (QED) is 0.572. The zero-order chi connectivity index (χ0) is 14.2. The molecule has 1 fully saturated rings. The molecule has 0 N–H and O–H groups in total. The van der Waals surface area contributed by atoms with Crippen LogP contribution in [0.1, 0.15) is 23.7 Å². The van der Waals surface area contributed by atoms with Gasteiger partial charge in [-0.1, -0.05) is 18.5 Å². The lowest BCUT2D eigenvalue weighted by Gasteiger charge is -2.34. The number of benzene rings is 1. The molecule has 2 atom stereocenters. The molecule has 6 heteroatoms. The maximum Gasteiger partial charge on any atom is 0.256 e. The van der Waals surface area contributed by atoms with E-state index in [2.05, 4.69) is 0 Å². The van der Waals surface area contributed by atoms with Crippen LogP contribution in [-0.4, -0.2) is 29.3 Å². The van der Waals surface area contributed by atoms with E-state index in [0.29, 0.717) is 19.5 Å². The number of alkyl halides is 1. The Morgan fingerprint density at radius 2 is 2.05 bits per heavy atom. The van der Waals surface area contributed by atoms with Crippen molar-refractivity contribution in [2.75, 3.05) is 13.1 Å². The second kappa shape index (κ2) is 5.63. The van der Waals surface area contributed by atoms with Crippen molar-refractivity contribution >= 4 is 29.1 Å². The van der Waals surface area contributed by atoms with Gasteiger partial charge in [-0.3, -0.25) is 4.79 Å². The minimum absolute atomic E-state index is 0.0100. The SMILES string of the molecule is CC1CN(C(=O)c2cc(F)c(Cl)cc2F)CCC1Cl. The van der Waals surface area contributed by atoms with Gasteiger partial charge in [0.25, 0.3) is 5.91 Å². The van der Waals surface area contributed by atoms with Crippen molar-refractivity contribution in [2.45, 2.75) is 18.7 Å². The topological polar surface area (TPSA) is 20.3 Å². The Bertz CT molecular complexity index is 510. The van der Waals surface area contributed by atoms with Gasteiger partial charge < -0.3 is 4.90 Å². The first-order chi connectivity index (χ1) is 8.90. The first-order valence-electron chi connectivity index (χ1n) is 5.98. The number of likely N-dealkylation sites (tertiary alicyclic amines) is 1. The highest BCUT2D eigenvalue weighted by Crippen LogP contribution is 2.25. The summed E-state index contributed by atoms with van der Waals surface area (Å²) in [5.74, 6) is -2.01. The van der Waals surface area contributed by atoms with Gasteiger partial charge in [-0.2, -0.15) is 0 Å². The number of rotatable bonds is 1. The lowest BCUT2D eigenvalue weighted by Crippen LogP contribution is -2.43. The molecule has 1 aromatic rings. The zero-order valence-corrected chi connectivity index (χ0v) is 11.8. The normalized spacial score (nSPS) is 23.5. The summed E-state index contributed by atoms with van der Waals surface area (Å²) < 4.78 is 27.0. The van der Waals surface area contributed by atoms with Gasteiger partial charge in [0.15, 0.2) is 0 Å². The summed E-state index contributed by atoms with van der Waals surface area (Å²) in [5, 5.41) is -0.322. The minimum atomic E-state index is -0.808. The molecule has 2 nitrogen and oxygen atoms in total. The number of carbonyl (C=O) groups is 1. The van der Waals surface area contributed by atoms with E-state index in [9.17, 15) is 13.6 Å². The highest BCUT2D eigenvalue weighted by molar-refractivity contribution is 6.30. The maximum atomic E-state index is 13.7. The molecule has 1 amide bonds. The van der Waals surface area contributed by atoms with E-state index in [1.807, 2.05) is 6.92 Å². The van der Waals surface area contributed by atoms with Gasteiger partial charge in [0.1, 0.15) is 11.6 Å². The Morgan fingerprint density at radius 1 is 1.37 bits per heavy atom. The van der Waals surface area contributed by atoms with Crippen LogP contribution in [-0.2, 0) is 0 Å². The fourth-order valence-electron chi connectivity index (χ4n) is 2.16. The van der Waals surface area contributed by atoms with E-state index >= 15 is 0 Å². The molecule has 1 aliphatic heterocycles.